The van der Waals surface area contributed by atoms with Crippen molar-refractivity contribution in [3.8, 4) is 5.75 Å². The lowest BCUT2D eigenvalue weighted by molar-refractivity contribution is -0.00125. The molecule has 3 nitrogen and oxygen atoms in total. The molecule has 0 bridgehead atoms. The average molecular weight is 330 g/mol. The molecule has 2 heterocycles. The molecular weight excluding hydrogens is 309 g/mol. The summed E-state index contributed by atoms with van der Waals surface area (Å²) in [7, 11) is 0. The number of para-hydroxylation sites is 1. The van der Waals surface area contributed by atoms with Gasteiger partial charge in [0.1, 0.15) is 6.10 Å². The Hall–Kier alpha value is -0.480. The monoisotopic (exact) mass is 329 g/mol. The second-order valence-corrected chi connectivity index (χ2v) is 6.65. The Morgan fingerprint density at radius 2 is 1.81 bits per heavy atom. The van der Waals surface area contributed by atoms with Crippen LogP contribution < -0.4 is 10.1 Å². The molecule has 2 aliphatic heterocycles. The Morgan fingerprint density at radius 3 is 2.43 bits per heavy atom. The van der Waals surface area contributed by atoms with E-state index in [1.54, 1.807) is 0 Å². The zero-order valence-electron chi connectivity index (χ0n) is 12.0. The molecule has 5 heteroatoms. The molecular formula is C16H21Cl2NO2. The van der Waals surface area contributed by atoms with Crippen LogP contribution >= 0.6 is 23.2 Å². The van der Waals surface area contributed by atoms with Gasteiger partial charge in [0, 0.05) is 31.6 Å². The lowest BCUT2D eigenvalue weighted by Gasteiger charge is -2.34. The molecule has 0 amide bonds. The zero-order valence-corrected chi connectivity index (χ0v) is 13.5. The van der Waals surface area contributed by atoms with E-state index in [9.17, 15) is 0 Å². The van der Waals surface area contributed by atoms with Crippen LogP contribution in [0.2, 0.25) is 10.0 Å². The molecule has 1 N–H and O–H groups in total. The second kappa shape index (κ2) is 7.19. The van der Waals surface area contributed by atoms with Crippen LogP contribution in [-0.2, 0) is 4.74 Å². The van der Waals surface area contributed by atoms with E-state index in [4.69, 9.17) is 32.7 Å². The van der Waals surface area contributed by atoms with Crippen LogP contribution in [0.4, 0.5) is 0 Å². The van der Waals surface area contributed by atoms with Crippen molar-refractivity contribution in [2.24, 2.45) is 11.8 Å². The van der Waals surface area contributed by atoms with Crippen LogP contribution in [0.25, 0.3) is 0 Å². The molecule has 2 saturated heterocycles. The van der Waals surface area contributed by atoms with Gasteiger partial charge in [-0.25, -0.2) is 0 Å². The average Bonchev–Trinajstić information content (AvgIpc) is 3.02. The van der Waals surface area contributed by atoms with Crippen molar-refractivity contribution in [3.05, 3.63) is 28.2 Å². The Bertz CT molecular complexity index is 451. The van der Waals surface area contributed by atoms with Gasteiger partial charge < -0.3 is 14.8 Å². The molecule has 1 unspecified atom stereocenters. The standard InChI is InChI=1S/C16H21Cl2NO2/c17-13-2-1-3-14(18)16(13)21-15(12-4-7-19-10-12)11-5-8-20-9-6-11/h1-3,11-12,15,19H,4-10H2/t12?,15-/m1/s1. The highest BCUT2D eigenvalue weighted by atomic mass is 35.5. The summed E-state index contributed by atoms with van der Waals surface area (Å²) in [6.45, 7) is 3.70. The van der Waals surface area contributed by atoms with Crippen LogP contribution in [0.5, 0.6) is 5.75 Å². The highest BCUT2D eigenvalue weighted by Gasteiger charge is 2.35. The summed E-state index contributed by atoms with van der Waals surface area (Å²) >= 11 is 12.5. The van der Waals surface area contributed by atoms with Crippen LogP contribution in [0, 0.1) is 11.8 Å². The van der Waals surface area contributed by atoms with Gasteiger partial charge in [0.05, 0.1) is 10.0 Å². The molecule has 0 spiro atoms. The Balaban J connectivity index is 1.80. The smallest absolute Gasteiger partial charge is 0.156 e. The van der Waals surface area contributed by atoms with Gasteiger partial charge in [-0.2, -0.15) is 0 Å². The fraction of sp³-hybridized carbons (Fsp3) is 0.625. The fourth-order valence-electron chi connectivity index (χ4n) is 3.31. The van der Waals surface area contributed by atoms with E-state index in [0.717, 1.165) is 45.6 Å². The number of hydrogen-bond donors (Lipinski definition) is 1. The van der Waals surface area contributed by atoms with E-state index < -0.39 is 0 Å². The van der Waals surface area contributed by atoms with Gasteiger partial charge in [-0.3, -0.25) is 0 Å². The van der Waals surface area contributed by atoms with Crippen molar-refractivity contribution in [1.82, 2.24) is 5.32 Å². The summed E-state index contributed by atoms with van der Waals surface area (Å²) in [5.74, 6) is 1.65. The molecule has 0 radical (unpaired) electrons. The third-order valence-corrected chi connectivity index (χ3v) is 5.06. The first-order valence-electron chi connectivity index (χ1n) is 7.65. The van der Waals surface area contributed by atoms with Crippen LogP contribution in [0.1, 0.15) is 19.3 Å². The number of benzene rings is 1. The molecule has 0 aliphatic carbocycles. The van der Waals surface area contributed by atoms with E-state index in [2.05, 4.69) is 5.32 Å². The summed E-state index contributed by atoms with van der Waals surface area (Å²) < 4.78 is 11.8. The number of nitrogens with one attached hydrogen (secondary N) is 1. The lowest BCUT2D eigenvalue weighted by atomic mass is 9.85. The third-order valence-electron chi connectivity index (χ3n) is 4.47. The van der Waals surface area contributed by atoms with Crippen molar-refractivity contribution < 1.29 is 9.47 Å². The predicted molar refractivity (Wildman–Crippen MR) is 85.4 cm³/mol. The highest BCUT2D eigenvalue weighted by Crippen LogP contribution is 2.37. The first-order chi connectivity index (χ1) is 10.3. The highest BCUT2D eigenvalue weighted by molar-refractivity contribution is 6.37. The van der Waals surface area contributed by atoms with Crippen LogP contribution in [-0.4, -0.2) is 32.4 Å². The van der Waals surface area contributed by atoms with Gasteiger partial charge in [-0.05, 0) is 37.9 Å². The van der Waals surface area contributed by atoms with Crippen LogP contribution in [0.3, 0.4) is 0 Å². The maximum atomic E-state index is 6.34. The fourth-order valence-corrected chi connectivity index (χ4v) is 3.80. The zero-order chi connectivity index (χ0) is 14.7. The maximum absolute atomic E-state index is 6.34. The summed E-state index contributed by atoms with van der Waals surface area (Å²) in [6, 6.07) is 5.51. The predicted octanol–water partition coefficient (Wildman–Crippen LogP) is 3.78. The maximum Gasteiger partial charge on any atom is 0.156 e. The molecule has 3 rings (SSSR count). The van der Waals surface area contributed by atoms with Crippen LogP contribution in [0.15, 0.2) is 18.2 Å². The minimum absolute atomic E-state index is 0.154. The SMILES string of the molecule is Clc1cccc(Cl)c1O[C@H](C1CCOCC1)C1CCNC1. The summed E-state index contributed by atoms with van der Waals surface area (Å²) in [5, 5.41) is 4.61. The van der Waals surface area contributed by atoms with E-state index in [-0.39, 0.29) is 6.10 Å². The van der Waals surface area contributed by atoms with E-state index in [1.807, 2.05) is 18.2 Å². The largest absolute Gasteiger partial charge is 0.487 e. The lowest BCUT2D eigenvalue weighted by Crippen LogP contribution is -2.39. The van der Waals surface area contributed by atoms with Crippen molar-refractivity contribution in [2.75, 3.05) is 26.3 Å². The number of rotatable bonds is 4. The van der Waals surface area contributed by atoms with Crippen molar-refractivity contribution in [3.63, 3.8) is 0 Å². The van der Waals surface area contributed by atoms with Crippen molar-refractivity contribution in [2.45, 2.75) is 25.4 Å². The Morgan fingerprint density at radius 1 is 1.10 bits per heavy atom. The molecule has 0 saturated carbocycles. The third kappa shape index (κ3) is 3.65. The first-order valence-corrected chi connectivity index (χ1v) is 8.40. The molecule has 1 aromatic carbocycles. The van der Waals surface area contributed by atoms with E-state index in [1.165, 1.54) is 0 Å². The summed E-state index contributed by atoms with van der Waals surface area (Å²) in [6.07, 6.45) is 3.39. The van der Waals surface area contributed by atoms with E-state index in [0.29, 0.717) is 27.6 Å². The molecule has 2 fully saturated rings. The minimum Gasteiger partial charge on any atom is -0.487 e. The first kappa shape index (κ1) is 15.4. The molecule has 1 aromatic rings. The Kier molecular flexibility index (Phi) is 5.28. The van der Waals surface area contributed by atoms with E-state index >= 15 is 0 Å². The quantitative estimate of drug-likeness (QED) is 0.911. The minimum atomic E-state index is 0.154. The summed E-state index contributed by atoms with van der Waals surface area (Å²) in [4.78, 5) is 0. The van der Waals surface area contributed by atoms with Gasteiger partial charge in [0.25, 0.3) is 0 Å². The van der Waals surface area contributed by atoms with Gasteiger partial charge in [-0.15, -0.1) is 0 Å². The molecule has 21 heavy (non-hydrogen) atoms. The summed E-state index contributed by atoms with van der Waals surface area (Å²) in [5.41, 5.74) is 0. The number of ether oxygens (including phenoxy) is 2. The van der Waals surface area contributed by atoms with Gasteiger partial charge in [0.2, 0.25) is 0 Å². The number of hydrogen-bond acceptors (Lipinski definition) is 3. The molecule has 2 aliphatic rings. The van der Waals surface area contributed by atoms with Gasteiger partial charge in [-0.1, -0.05) is 29.3 Å². The number of halogens is 2. The van der Waals surface area contributed by atoms with Gasteiger partial charge >= 0.3 is 0 Å². The Labute approximate surface area is 135 Å². The topological polar surface area (TPSA) is 30.5 Å². The van der Waals surface area contributed by atoms with Crippen molar-refractivity contribution >= 4 is 23.2 Å². The molecule has 2 atom stereocenters. The normalized spacial score (nSPS) is 25.0. The second-order valence-electron chi connectivity index (χ2n) is 5.84. The molecule has 0 aromatic heterocycles. The van der Waals surface area contributed by atoms with Crippen molar-refractivity contribution in [1.29, 1.82) is 0 Å². The van der Waals surface area contributed by atoms with Gasteiger partial charge in [0.15, 0.2) is 5.75 Å². The molecule has 116 valence electrons.